The minimum Gasteiger partial charge on any atom is -0.497 e. The lowest BCUT2D eigenvalue weighted by Gasteiger charge is -2.16. The average molecular weight is 381 g/mol. The van der Waals surface area contributed by atoms with Crippen molar-refractivity contribution in [3.05, 3.63) is 59.9 Å². The van der Waals surface area contributed by atoms with E-state index in [0.717, 1.165) is 11.3 Å². The standard InChI is InChI=1S/C21H23N3O4/c1-15-4-6-16(7-5-15)21-22-19(23-28-21)12-13-24(2)20(25)14-27-18-10-8-17(26-3)9-11-18/h4-11H,12-14H2,1-3H3. The molecule has 7 heteroatoms. The molecule has 0 atom stereocenters. The quantitative estimate of drug-likeness (QED) is 0.597. The summed E-state index contributed by atoms with van der Waals surface area (Å²) in [6, 6.07) is 15.0. The highest BCUT2D eigenvalue weighted by atomic mass is 16.5. The van der Waals surface area contributed by atoms with Crippen LogP contribution in [-0.4, -0.2) is 48.3 Å². The zero-order valence-electron chi connectivity index (χ0n) is 16.2. The Kier molecular flexibility index (Phi) is 6.26. The van der Waals surface area contributed by atoms with E-state index in [1.54, 1.807) is 43.3 Å². The molecule has 28 heavy (non-hydrogen) atoms. The van der Waals surface area contributed by atoms with Crippen LogP contribution in [0.4, 0.5) is 0 Å². The number of hydrogen-bond acceptors (Lipinski definition) is 6. The van der Waals surface area contributed by atoms with Gasteiger partial charge in [-0.1, -0.05) is 22.9 Å². The Morgan fingerprint density at radius 1 is 1.07 bits per heavy atom. The van der Waals surface area contributed by atoms with Gasteiger partial charge in [0.25, 0.3) is 11.8 Å². The molecule has 0 saturated heterocycles. The molecule has 0 saturated carbocycles. The lowest BCUT2D eigenvalue weighted by Crippen LogP contribution is -2.33. The number of aryl methyl sites for hydroxylation is 1. The molecule has 7 nitrogen and oxygen atoms in total. The third-order valence-electron chi connectivity index (χ3n) is 4.28. The molecule has 0 radical (unpaired) electrons. The molecule has 3 rings (SSSR count). The molecular weight excluding hydrogens is 358 g/mol. The van der Waals surface area contributed by atoms with Crippen molar-refractivity contribution in [3.63, 3.8) is 0 Å². The van der Waals surface area contributed by atoms with Gasteiger partial charge in [0.15, 0.2) is 12.4 Å². The summed E-state index contributed by atoms with van der Waals surface area (Å²) in [6.45, 7) is 2.45. The summed E-state index contributed by atoms with van der Waals surface area (Å²) in [4.78, 5) is 18.2. The monoisotopic (exact) mass is 381 g/mol. The van der Waals surface area contributed by atoms with Crippen molar-refractivity contribution in [1.29, 1.82) is 0 Å². The van der Waals surface area contributed by atoms with Crippen LogP contribution < -0.4 is 9.47 Å². The number of rotatable bonds is 8. The number of hydrogen-bond donors (Lipinski definition) is 0. The molecule has 0 fully saturated rings. The highest BCUT2D eigenvalue weighted by Crippen LogP contribution is 2.18. The largest absolute Gasteiger partial charge is 0.497 e. The summed E-state index contributed by atoms with van der Waals surface area (Å²) < 4.78 is 15.9. The van der Waals surface area contributed by atoms with E-state index in [2.05, 4.69) is 10.1 Å². The molecule has 2 aromatic carbocycles. The van der Waals surface area contributed by atoms with E-state index in [4.69, 9.17) is 14.0 Å². The van der Waals surface area contributed by atoms with Crippen LogP contribution in [0.15, 0.2) is 53.1 Å². The van der Waals surface area contributed by atoms with Crippen molar-refractivity contribution in [2.24, 2.45) is 0 Å². The summed E-state index contributed by atoms with van der Waals surface area (Å²) in [6.07, 6.45) is 0.500. The van der Waals surface area contributed by atoms with Crippen LogP contribution in [0.25, 0.3) is 11.5 Å². The zero-order chi connectivity index (χ0) is 19.9. The van der Waals surface area contributed by atoms with Crippen molar-refractivity contribution < 1.29 is 18.8 Å². The fraction of sp³-hybridized carbons (Fsp3) is 0.286. The molecule has 146 valence electrons. The lowest BCUT2D eigenvalue weighted by atomic mass is 10.1. The van der Waals surface area contributed by atoms with Gasteiger partial charge in [-0.05, 0) is 43.3 Å². The zero-order valence-corrected chi connectivity index (χ0v) is 16.2. The van der Waals surface area contributed by atoms with E-state index in [0.29, 0.717) is 30.4 Å². The molecule has 1 aromatic heterocycles. The second-order valence-electron chi connectivity index (χ2n) is 6.41. The predicted molar refractivity (Wildman–Crippen MR) is 104 cm³/mol. The van der Waals surface area contributed by atoms with Crippen LogP contribution >= 0.6 is 0 Å². The van der Waals surface area contributed by atoms with Crippen LogP contribution in [0.2, 0.25) is 0 Å². The minimum atomic E-state index is -0.127. The second-order valence-corrected chi connectivity index (χ2v) is 6.41. The number of aromatic nitrogens is 2. The highest BCUT2D eigenvalue weighted by Gasteiger charge is 2.13. The van der Waals surface area contributed by atoms with Gasteiger partial charge in [0, 0.05) is 25.6 Å². The highest BCUT2D eigenvalue weighted by molar-refractivity contribution is 5.77. The molecule has 3 aromatic rings. The fourth-order valence-corrected chi connectivity index (χ4v) is 2.49. The molecular formula is C21H23N3O4. The predicted octanol–water partition coefficient (Wildman–Crippen LogP) is 3.13. The molecule has 0 aliphatic carbocycles. The molecule has 0 bridgehead atoms. The molecule has 1 heterocycles. The first-order valence-corrected chi connectivity index (χ1v) is 8.95. The van der Waals surface area contributed by atoms with Gasteiger partial charge in [-0.25, -0.2) is 0 Å². The maximum atomic E-state index is 12.2. The lowest BCUT2D eigenvalue weighted by molar-refractivity contribution is -0.132. The average Bonchev–Trinajstić information content (AvgIpc) is 3.20. The van der Waals surface area contributed by atoms with Crippen molar-refractivity contribution >= 4 is 5.91 Å². The summed E-state index contributed by atoms with van der Waals surface area (Å²) in [5.41, 5.74) is 2.04. The summed E-state index contributed by atoms with van der Waals surface area (Å²) in [7, 11) is 3.32. The third kappa shape index (κ3) is 5.09. The van der Waals surface area contributed by atoms with Gasteiger partial charge in [-0.3, -0.25) is 4.79 Å². The maximum absolute atomic E-state index is 12.2. The smallest absolute Gasteiger partial charge is 0.260 e. The fourth-order valence-electron chi connectivity index (χ4n) is 2.49. The Balaban J connectivity index is 1.47. The number of carbonyl (C=O) groups excluding carboxylic acids is 1. The number of carbonyl (C=O) groups is 1. The Hall–Kier alpha value is -3.35. The van der Waals surface area contributed by atoms with Gasteiger partial charge < -0.3 is 18.9 Å². The van der Waals surface area contributed by atoms with Crippen LogP contribution in [0.3, 0.4) is 0 Å². The van der Waals surface area contributed by atoms with Crippen LogP contribution in [0.5, 0.6) is 11.5 Å². The van der Waals surface area contributed by atoms with Crippen molar-refractivity contribution in [3.8, 4) is 23.0 Å². The number of benzene rings is 2. The maximum Gasteiger partial charge on any atom is 0.260 e. The van der Waals surface area contributed by atoms with E-state index < -0.39 is 0 Å². The van der Waals surface area contributed by atoms with Gasteiger partial charge in [-0.15, -0.1) is 0 Å². The number of nitrogens with zero attached hydrogens (tertiary/aromatic N) is 3. The number of likely N-dealkylation sites (N-methyl/N-ethyl adjacent to an activating group) is 1. The van der Waals surface area contributed by atoms with E-state index >= 15 is 0 Å². The van der Waals surface area contributed by atoms with Crippen molar-refractivity contribution in [2.75, 3.05) is 27.3 Å². The van der Waals surface area contributed by atoms with E-state index in [-0.39, 0.29) is 12.5 Å². The van der Waals surface area contributed by atoms with Gasteiger partial charge >= 0.3 is 0 Å². The first-order chi connectivity index (χ1) is 13.5. The Morgan fingerprint density at radius 3 is 2.43 bits per heavy atom. The van der Waals surface area contributed by atoms with E-state index in [1.165, 1.54) is 5.56 Å². The molecule has 0 unspecified atom stereocenters. The van der Waals surface area contributed by atoms with Crippen LogP contribution in [0.1, 0.15) is 11.4 Å². The third-order valence-corrected chi connectivity index (χ3v) is 4.28. The minimum absolute atomic E-state index is 0.0380. The molecule has 0 spiro atoms. The Morgan fingerprint density at radius 2 is 1.75 bits per heavy atom. The Labute approximate surface area is 163 Å². The van der Waals surface area contributed by atoms with Crippen molar-refractivity contribution in [1.82, 2.24) is 15.0 Å². The molecule has 0 aliphatic rings. The topological polar surface area (TPSA) is 77.7 Å². The second kappa shape index (κ2) is 9.03. The Bertz CT molecular complexity index is 904. The first kappa shape index (κ1) is 19.4. The number of ether oxygens (including phenoxy) is 2. The van der Waals surface area contributed by atoms with E-state index in [9.17, 15) is 4.79 Å². The first-order valence-electron chi connectivity index (χ1n) is 8.95. The van der Waals surface area contributed by atoms with Gasteiger partial charge in [-0.2, -0.15) is 4.98 Å². The van der Waals surface area contributed by atoms with Gasteiger partial charge in [0.05, 0.1) is 7.11 Å². The SMILES string of the molecule is COc1ccc(OCC(=O)N(C)CCc2noc(-c3ccc(C)cc3)n2)cc1. The van der Waals surface area contributed by atoms with Crippen molar-refractivity contribution in [2.45, 2.75) is 13.3 Å². The van der Waals surface area contributed by atoms with E-state index in [1.807, 2.05) is 31.2 Å². The number of amides is 1. The van der Waals surface area contributed by atoms with Gasteiger partial charge in [0.2, 0.25) is 0 Å². The number of methoxy groups -OCH3 is 1. The van der Waals surface area contributed by atoms with Crippen LogP contribution in [0, 0.1) is 6.92 Å². The normalized spacial score (nSPS) is 10.5. The summed E-state index contributed by atoms with van der Waals surface area (Å²) in [5.74, 6) is 2.26. The molecule has 0 aliphatic heterocycles. The summed E-state index contributed by atoms with van der Waals surface area (Å²) >= 11 is 0. The molecule has 0 N–H and O–H groups in total. The molecule has 1 amide bonds. The summed E-state index contributed by atoms with van der Waals surface area (Å²) in [5, 5.41) is 3.99. The van der Waals surface area contributed by atoms with Crippen LogP contribution in [-0.2, 0) is 11.2 Å². The van der Waals surface area contributed by atoms with Gasteiger partial charge in [0.1, 0.15) is 11.5 Å².